The van der Waals surface area contributed by atoms with E-state index in [4.69, 9.17) is 9.47 Å². The van der Waals surface area contributed by atoms with Gasteiger partial charge in [0.15, 0.2) is 11.5 Å². The number of ether oxygens (including phenoxy) is 2. The summed E-state index contributed by atoms with van der Waals surface area (Å²) in [4.78, 5) is 13.0. The molecule has 0 saturated carbocycles. The number of hydrogen-bond donors (Lipinski definition) is 0. The molecule has 4 rings (SSSR count). The first-order chi connectivity index (χ1) is 13.7. The van der Waals surface area contributed by atoms with Gasteiger partial charge in [-0.15, -0.1) is 5.10 Å². The highest BCUT2D eigenvalue weighted by Crippen LogP contribution is 2.36. The maximum atomic E-state index is 13.0. The number of rotatable bonds is 5. The molecule has 1 aliphatic rings. The molecule has 0 radical (unpaired) electrons. The number of benzene rings is 3. The minimum absolute atomic E-state index is 0.186. The minimum atomic E-state index is -0.186. The second kappa shape index (κ2) is 8.19. The van der Waals surface area contributed by atoms with Crippen LogP contribution >= 0.6 is 15.9 Å². The zero-order valence-electron chi connectivity index (χ0n) is 14.7. The molecule has 0 aromatic heterocycles. The first kappa shape index (κ1) is 18.1. The van der Waals surface area contributed by atoms with E-state index < -0.39 is 0 Å². The Morgan fingerprint density at radius 3 is 2.18 bits per heavy atom. The van der Waals surface area contributed by atoms with Crippen LogP contribution in [0.15, 0.2) is 87.5 Å². The van der Waals surface area contributed by atoms with Gasteiger partial charge in [0.2, 0.25) is 12.6 Å². The van der Waals surface area contributed by atoms with Crippen molar-refractivity contribution < 1.29 is 14.3 Å². The Morgan fingerprint density at radius 2 is 1.50 bits per heavy atom. The summed E-state index contributed by atoms with van der Waals surface area (Å²) in [6.45, 7) is 0.199. The van der Waals surface area contributed by atoms with Crippen LogP contribution in [0.1, 0.15) is 21.5 Å². The van der Waals surface area contributed by atoms with Crippen molar-refractivity contribution in [3.8, 4) is 11.5 Å². The highest BCUT2D eigenvalue weighted by Gasteiger charge is 2.17. The Hall–Kier alpha value is -3.25. The first-order valence-corrected chi connectivity index (χ1v) is 9.37. The van der Waals surface area contributed by atoms with Gasteiger partial charge in [-0.25, -0.2) is 0 Å². The average Bonchev–Trinajstić information content (AvgIpc) is 3.19. The quantitative estimate of drug-likeness (QED) is 0.326. The lowest BCUT2D eigenvalue weighted by atomic mass is 10.0. The van der Waals surface area contributed by atoms with Crippen LogP contribution in [0.2, 0.25) is 0 Å². The van der Waals surface area contributed by atoms with E-state index in [1.807, 2.05) is 60.7 Å². The molecule has 0 fully saturated rings. The number of carbonyl (C=O) groups excluding carboxylic acids is 1. The van der Waals surface area contributed by atoms with Gasteiger partial charge in [-0.3, -0.25) is 4.79 Å². The maximum Gasteiger partial charge on any atom is 0.231 e. The number of ketones is 1. The van der Waals surface area contributed by atoms with Gasteiger partial charge in [0, 0.05) is 21.2 Å². The van der Waals surface area contributed by atoms with Crippen molar-refractivity contribution >= 4 is 33.6 Å². The SMILES string of the molecule is O=C(/C(=N/N=C/c1cc2c(cc1Br)OCO2)c1ccccc1)c1ccccc1. The topological polar surface area (TPSA) is 60.2 Å². The lowest BCUT2D eigenvalue weighted by molar-refractivity contribution is 0.106. The molecule has 0 aliphatic carbocycles. The van der Waals surface area contributed by atoms with E-state index in [0.717, 1.165) is 10.0 Å². The fraction of sp³-hybridized carbons (Fsp3) is 0.0455. The lowest BCUT2D eigenvalue weighted by Crippen LogP contribution is -2.15. The maximum absolute atomic E-state index is 13.0. The predicted molar refractivity (Wildman–Crippen MR) is 112 cm³/mol. The molecule has 28 heavy (non-hydrogen) atoms. The highest BCUT2D eigenvalue weighted by atomic mass is 79.9. The molecule has 6 heteroatoms. The second-order valence-electron chi connectivity index (χ2n) is 5.98. The fourth-order valence-corrected chi connectivity index (χ4v) is 3.16. The molecule has 3 aromatic carbocycles. The van der Waals surface area contributed by atoms with Crippen LogP contribution in [0.5, 0.6) is 11.5 Å². The summed E-state index contributed by atoms with van der Waals surface area (Å²) < 4.78 is 11.5. The van der Waals surface area contributed by atoms with Gasteiger partial charge >= 0.3 is 0 Å². The predicted octanol–water partition coefficient (Wildman–Crippen LogP) is 4.88. The van der Waals surface area contributed by atoms with Gasteiger partial charge < -0.3 is 9.47 Å². The van der Waals surface area contributed by atoms with Gasteiger partial charge in [0.25, 0.3) is 0 Å². The summed E-state index contributed by atoms with van der Waals surface area (Å²) in [5.74, 6) is 1.14. The zero-order chi connectivity index (χ0) is 19.3. The number of Topliss-reactive ketones (excluding diaryl/α,β-unsaturated/α-hetero) is 1. The summed E-state index contributed by atoms with van der Waals surface area (Å²) in [5.41, 5.74) is 2.32. The fourth-order valence-electron chi connectivity index (χ4n) is 2.74. The van der Waals surface area contributed by atoms with Crippen LogP contribution in [0.3, 0.4) is 0 Å². The third kappa shape index (κ3) is 3.87. The number of halogens is 1. The van der Waals surface area contributed by atoms with Crippen LogP contribution < -0.4 is 9.47 Å². The van der Waals surface area contributed by atoms with Gasteiger partial charge in [0.05, 0.1) is 6.21 Å². The molecular formula is C22H15BrN2O3. The molecule has 0 atom stereocenters. The Bertz CT molecular complexity index is 1060. The van der Waals surface area contributed by atoms with E-state index in [1.165, 1.54) is 0 Å². The van der Waals surface area contributed by atoms with Gasteiger partial charge in [0.1, 0.15) is 5.71 Å². The van der Waals surface area contributed by atoms with Gasteiger partial charge in [-0.05, 0) is 28.1 Å². The molecule has 1 heterocycles. The van der Waals surface area contributed by atoms with Crippen LogP contribution in [0.4, 0.5) is 0 Å². The summed E-state index contributed by atoms with van der Waals surface area (Å²) in [6.07, 6.45) is 1.58. The summed E-state index contributed by atoms with van der Waals surface area (Å²) in [6, 6.07) is 22.0. The molecule has 1 aliphatic heterocycles. The monoisotopic (exact) mass is 434 g/mol. The number of carbonyl (C=O) groups is 1. The second-order valence-corrected chi connectivity index (χ2v) is 6.84. The smallest absolute Gasteiger partial charge is 0.231 e. The lowest BCUT2D eigenvalue weighted by Gasteiger charge is -2.05. The van der Waals surface area contributed by atoms with E-state index in [0.29, 0.717) is 22.6 Å². The number of hydrogen-bond acceptors (Lipinski definition) is 5. The van der Waals surface area contributed by atoms with E-state index in [2.05, 4.69) is 26.1 Å². The Balaban J connectivity index is 1.68. The number of nitrogens with zero attached hydrogens (tertiary/aromatic N) is 2. The van der Waals surface area contributed by atoms with Crippen LogP contribution in [0, 0.1) is 0 Å². The van der Waals surface area contributed by atoms with Crippen molar-refractivity contribution in [1.29, 1.82) is 0 Å². The minimum Gasteiger partial charge on any atom is -0.454 e. The zero-order valence-corrected chi connectivity index (χ0v) is 16.3. The molecule has 3 aromatic rings. The third-order valence-corrected chi connectivity index (χ3v) is 4.83. The summed E-state index contributed by atoms with van der Waals surface area (Å²) in [7, 11) is 0. The first-order valence-electron chi connectivity index (χ1n) is 8.58. The van der Waals surface area contributed by atoms with Crippen LogP contribution in [-0.4, -0.2) is 24.5 Å². The standard InChI is InChI=1S/C22H15BrN2O3/c23-18-12-20-19(27-14-28-20)11-17(18)13-24-25-21(15-7-3-1-4-8-15)22(26)16-9-5-2-6-10-16/h1-13H,14H2/b24-13+,25-21+. The van der Waals surface area contributed by atoms with Gasteiger partial charge in [-0.2, -0.15) is 5.10 Å². The Morgan fingerprint density at radius 1 is 0.893 bits per heavy atom. The average molecular weight is 435 g/mol. The third-order valence-electron chi connectivity index (χ3n) is 4.14. The molecule has 138 valence electrons. The molecule has 0 spiro atoms. The Kier molecular flexibility index (Phi) is 5.30. The molecule has 0 bridgehead atoms. The molecule has 0 unspecified atom stereocenters. The van der Waals surface area contributed by atoms with Crippen molar-refractivity contribution in [3.63, 3.8) is 0 Å². The van der Waals surface area contributed by atoms with Crippen LogP contribution in [-0.2, 0) is 0 Å². The van der Waals surface area contributed by atoms with Gasteiger partial charge in [-0.1, -0.05) is 60.7 Å². The summed E-state index contributed by atoms with van der Waals surface area (Å²) in [5, 5.41) is 8.41. The van der Waals surface area contributed by atoms with Crippen molar-refractivity contribution in [2.45, 2.75) is 0 Å². The molecular weight excluding hydrogens is 420 g/mol. The Labute approximate surface area is 170 Å². The molecule has 0 N–H and O–H groups in total. The van der Waals surface area contributed by atoms with E-state index in [-0.39, 0.29) is 18.3 Å². The van der Waals surface area contributed by atoms with Crippen molar-refractivity contribution in [2.24, 2.45) is 10.2 Å². The van der Waals surface area contributed by atoms with Crippen molar-refractivity contribution in [3.05, 3.63) is 94.0 Å². The molecule has 5 nitrogen and oxygen atoms in total. The largest absolute Gasteiger partial charge is 0.454 e. The van der Waals surface area contributed by atoms with Crippen LogP contribution in [0.25, 0.3) is 0 Å². The van der Waals surface area contributed by atoms with E-state index in [9.17, 15) is 4.79 Å². The van der Waals surface area contributed by atoms with E-state index >= 15 is 0 Å². The van der Waals surface area contributed by atoms with Crippen molar-refractivity contribution in [2.75, 3.05) is 6.79 Å². The van der Waals surface area contributed by atoms with E-state index in [1.54, 1.807) is 18.3 Å². The normalized spacial score (nSPS) is 13.1. The highest BCUT2D eigenvalue weighted by molar-refractivity contribution is 9.10. The molecule has 0 saturated heterocycles. The van der Waals surface area contributed by atoms with Crippen molar-refractivity contribution in [1.82, 2.24) is 0 Å². The summed E-state index contributed by atoms with van der Waals surface area (Å²) >= 11 is 3.49. The number of fused-ring (bicyclic) bond motifs is 1. The molecule has 0 amide bonds.